The SMILES string of the molecule is CC/C(C)=C/C(=O)NC1CCSC12CN(C(=O)/C=C/c1ccn(C)c1)C2. The van der Waals surface area contributed by atoms with Gasteiger partial charge in [0.2, 0.25) is 11.8 Å². The molecule has 1 N–H and O–H groups in total. The maximum absolute atomic E-state index is 12.4. The summed E-state index contributed by atoms with van der Waals surface area (Å²) in [6.07, 6.45) is 11.0. The molecule has 1 unspecified atom stereocenters. The van der Waals surface area contributed by atoms with Crippen molar-refractivity contribution < 1.29 is 9.59 Å². The summed E-state index contributed by atoms with van der Waals surface area (Å²) in [5.74, 6) is 1.06. The Balaban J connectivity index is 1.55. The zero-order valence-electron chi connectivity index (χ0n) is 15.7. The Hall–Kier alpha value is -1.95. The van der Waals surface area contributed by atoms with E-state index in [1.807, 2.05) is 66.7 Å². The van der Waals surface area contributed by atoms with E-state index in [2.05, 4.69) is 5.32 Å². The largest absolute Gasteiger partial charge is 0.357 e. The Morgan fingerprint density at radius 1 is 1.42 bits per heavy atom. The van der Waals surface area contributed by atoms with Gasteiger partial charge in [0.15, 0.2) is 0 Å². The molecule has 1 aromatic rings. The van der Waals surface area contributed by atoms with Crippen molar-refractivity contribution in [3.63, 3.8) is 0 Å². The monoisotopic (exact) mass is 373 g/mol. The highest BCUT2D eigenvalue weighted by atomic mass is 32.2. The molecule has 2 fully saturated rings. The highest BCUT2D eigenvalue weighted by molar-refractivity contribution is 8.01. The Kier molecular flexibility index (Phi) is 5.61. The van der Waals surface area contributed by atoms with E-state index >= 15 is 0 Å². The minimum atomic E-state index is -0.0140. The van der Waals surface area contributed by atoms with E-state index < -0.39 is 0 Å². The van der Waals surface area contributed by atoms with E-state index in [-0.39, 0.29) is 22.6 Å². The fourth-order valence-electron chi connectivity index (χ4n) is 3.45. The molecule has 1 atom stereocenters. The van der Waals surface area contributed by atoms with Crippen molar-refractivity contribution in [2.24, 2.45) is 7.05 Å². The van der Waals surface area contributed by atoms with Crippen molar-refractivity contribution in [2.45, 2.75) is 37.5 Å². The maximum atomic E-state index is 12.4. The molecule has 140 valence electrons. The van der Waals surface area contributed by atoms with Gasteiger partial charge in [0.1, 0.15) is 0 Å². The number of amides is 2. The van der Waals surface area contributed by atoms with Crippen LogP contribution in [-0.2, 0) is 16.6 Å². The van der Waals surface area contributed by atoms with Crippen LogP contribution in [0.2, 0.25) is 0 Å². The quantitative estimate of drug-likeness (QED) is 0.807. The minimum absolute atomic E-state index is 0.00928. The topological polar surface area (TPSA) is 54.3 Å². The summed E-state index contributed by atoms with van der Waals surface area (Å²) >= 11 is 1.89. The Labute approximate surface area is 159 Å². The molecule has 5 nitrogen and oxygen atoms in total. The summed E-state index contributed by atoms with van der Waals surface area (Å²) in [6, 6.07) is 2.12. The van der Waals surface area contributed by atoms with Gasteiger partial charge in [0.05, 0.1) is 4.75 Å². The van der Waals surface area contributed by atoms with Crippen LogP contribution in [0.15, 0.2) is 36.2 Å². The molecule has 2 aliphatic rings. The van der Waals surface area contributed by atoms with Crippen LogP contribution in [0.5, 0.6) is 0 Å². The number of hydrogen-bond donors (Lipinski definition) is 1. The number of nitrogens with one attached hydrogen (secondary N) is 1. The summed E-state index contributed by atoms with van der Waals surface area (Å²) in [5.41, 5.74) is 2.10. The number of hydrogen-bond acceptors (Lipinski definition) is 3. The van der Waals surface area contributed by atoms with Crippen LogP contribution in [0.1, 0.15) is 32.3 Å². The highest BCUT2D eigenvalue weighted by Gasteiger charge is 2.53. The number of carbonyl (C=O) groups is 2. The van der Waals surface area contributed by atoms with E-state index in [4.69, 9.17) is 0 Å². The van der Waals surface area contributed by atoms with E-state index in [1.54, 1.807) is 12.2 Å². The lowest BCUT2D eigenvalue weighted by Gasteiger charge is -2.50. The van der Waals surface area contributed by atoms with Crippen LogP contribution < -0.4 is 5.32 Å². The van der Waals surface area contributed by atoms with Crippen molar-refractivity contribution in [1.29, 1.82) is 0 Å². The number of thioether (sulfide) groups is 1. The third-order valence-electron chi connectivity index (χ3n) is 5.18. The molecule has 3 heterocycles. The second-order valence-electron chi connectivity index (χ2n) is 7.25. The lowest BCUT2D eigenvalue weighted by atomic mass is 9.88. The first-order valence-electron chi connectivity index (χ1n) is 9.12. The van der Waals surface area contributed by atoms with Gasteiger partial charge in [-0.05, 0) is 43.2 Å². The number of nitrogens with zero attached hydrogens (tertiary/aromatic N) is 2. The summed E-state index contributed by atoms with van der Waals surface area (Å²) in [7, 11) is 1.96. The molecule has 1 spiro atoms. The summed E-state index contributed by atoms with van der Waals surface area (Å²) in [6.45, 7) is 5.43. The Morgan fingerprint density at radius 2 is 2.19 bits per heavy atom. The average Bonchev–Trinajstić information content (AvgIpc) is 3.17. The molecule has 3 rings (SSSR count). The van der Waals surface area contributed by atoms with Crippen molar-refractivity contribution >= 4 is 29.7 Å². The van der Waals surface area contributed by atoms with Gasteiger partial charge in [-0.15, -0.1) is 11.8 Å². The van der Waals surface area contributed by atoms with Crippen LogP contribution in [0.25, 0.3) is 6.08 Å². The van der Waals surface area contributed by atoms with Crippen LogP contribution >= 0.6 is 11.8 Å². The summed E-state index contributed by atoms with van der Waals surface area (Å²) in [4.78, 5) is 26.4. The Morgan fingerprint density at radius 3 is 2.85 bits per heavy atom. The fraction of sp³-hybridized carbons (Fsp3) is 0.500. The molecule has 0 saturated carbocycles. The lowest BCUT2D eigenvalue weighted by molar-refractivity contribution is -0.131. The molecule has 0 aliphatic carbocycles. The number of likely N-dealkylation sites (tertiary alicyclic amines) is 1. The molecule has 2 aliphatic heterocycles. The van der Waals surface area contributed by atoms with Gasteiger partial charge in [-0.2, -0.15) is 0 Å². The third-order valence-corrected chi connectivity index (χ3v) is 6.74. The molecular formula is C20H27N3O2S. The van der Waals surface area contributed by atoms with Crippen LogP contribution in [0.3, 0.4) is 0 Å². The standard InChI is InChI=1S/C20H27N3O2S/c1-4-15(2)11-18(24)21-17-8-10-26-20(17)13-23(14-20)19(25)6-5-16-7-9-22(3)12-16/h5-7,9,11-12,17H,4,8,10,13-14H2,1-3H3,(H,21,24)/b6-5+,15-11+. The van der Waals surface area contributed by atoms with E-state index in [9.17, 15) is 9.59 Å². The van der Waals surface area contributed by atoms with Crippen molar-refractivity contribution in [3.8, 4) is 0 Å². The first-order chi connectivity index (χ1) is 12.4. The van der Waals surface area contributed by atoms with Gasteiger partial charge < -0.3 is 14.8 Å². The van der Waals surface area contributed by atoms with E-state index in [0.717, 1.165) is 29.7 Å². The van der Waals surface area contributed by atoms with Gasteiger partial charge in [-0.3, -0.25) is 9.59 Å². The van der Waals surface area contributed by atoms with Crippen molar-refractivity contribution in [2.75, 3.05) is 18.8 Å². The van der Waals surface area contributed by atoms with Crippen LogP contribution in [0.4, 0.5) is 0 Å². The molecule has 2 amide bonds. The molecule has 1 aromatic heterocycles. The van der Waals surface area contributed by atoms with Crippen molar-refractivity contribution in [3.05, 3.63) is 41.7 Å². The normalized spacial score (nSPS) is 22.0. The molecule has 26 heavy (non-hydrogen) atoms. The van der Waals surface area contributed by atoms with Crippen LogP contribution in [-0.4, -0.2) is 50.9 Å². The molecule has 0 radical (unpaired) electrons. The average molecular weight is 374 g/mol. The summed E-state index contributed by atoms with van der Waals surface area (Å²) < 4.78 is 1.94. The summed E-state index contributed by atoms with van der Waals surface area (Å²) in [5, 5.41) is 3.16. The van der Waals surface area contributed by atoms with Gasteiger partial charge in [-0.25, -0.2) is 0 Å². The first-order valence-corrected chi connectivity index (χ1v) is 10.1. The van der Waals surface area contributed by atoms with Gasteiger partial charge in [-0.1, -0.05) is 12.5 Å². The van der Waals surface area contributed by atoms with Crippen LogP contribution in [0, 0.1) is 0 Å². The molecule has 2 saturated heterocycles. The minimum Gasteiger partial charge on any atom is -0.357 e. The van der Waals surface area contributed by atoms with Gasteiger partial charge in [0, 0.05) is 50.7 Å². The third kappa shape index (κ3) is 4.06. The fourth-order valence-corrected chi connectivity index (χ4v) is 5.08. The molecule has 0 bridgehead atoms. The molecule has 0 aromatic carbocycles. The van der Waals surface area contributed by atoms with Gasteiger partial charge >= 0.3 is 0 Å². The van der Waals surface area contributed by atoms with Crippen molar-refractivity contribution in [1.82, 2.24) is 14.8 Å². The zero-order chi connectivity index (χ0) is 18.7. The zero-order valence-corrected chi connectivity index (χ0v) is 16.5. The Bertz CT molecular complexity index is 744. The second-order valence-corrected chi connectivity index (χ2v) is 8.76. The predicted octanol–water partition coefficient (Wildman–Crippen LogP) is 2.60. The van der Waals surface area contributed by atoms with E-state index in [0.29, 0.717) is 13.1 Å². The van der Waals surface area contributed by atoms with E-state index in [1.165, 1.54) is 0 Å². The highest BCUT2D eigenvalue weighted by Crippen LogP contribution is 2.45. The smallest absolute Gasteiger partial charge is 0.246 e. The number of aryl methyl sites for hydroxylation is 1. The molecule has 6 heteroatoms. The maximum Gasteiger partial charge on any atom is 0.246 e. The number of carbonyl (C=O) groups excluding carboxylic acids is 2. The molecular weight excluding hydrogens is 346 g/mol. The first kappa shape index (κ1) is 18.8. The number of rotatable bonds is 5. The predicted molar refractivity (Wildman–Crippen MR) is 107 cm³/mol. The number of allylic oxidation sites excluding steroid dienone is 1. The second kappa shape index (κ2) is 7.74. The number of aromatic nitrogens is 1. The lowest BCUT2D eigenvalue weighted by Crippen LogP contribution is -2.68. The van der Waals surface area contributed by atoms with Gasteiger partial charge in [0.25, 0.3) is 0 Å².